The summed E-state index contributed by atoms with van der Waals surface area (Å²) in [5.74, 6) is -0.476. The second-order valence-corrected chi connectivity index (χ2v) is 7.76. The van der Waals surface area contributed by atoms with Crippen molar-refractivity contribution in [1.82, 2.24) is 20.6 Å². The molecule has 8 heteroatoms. The minimum Gasteiger partial charge on any atom is -0.346 e. The predicted octanol–water partition coefficient (Wildman–Crippen LogP) is 3.47. The second-order valence-electron chi connectivity index (χ2n) is 6.14. The van der Waals surface area contributed by atoms with E-state index in [4.69, 9.17) is 0 Å². The van der Waals surface area contributed by atoms with Gasteiger partial charge in [-0.2, -0.15) is 0 Å². The van der Waals surface area contributed by atoms with Crippen molar-refractivity contribution >= 4 is 43.7 Å². The lowest BCUT2D eigenvalue weighted by Gasteiger charge is -2.32. The molecule has 0 radical (unpaired) electrons. The van der Waals surface area contributed by atoms with Gasteiger partial charge in [-0.3, -0.25) is 9.59 Å². The van der Waals surface area contributed by atoms with Gasteiger partial charge in [0.15, 0.2) is 0 Å². The van der Waals surface area contributed by atoms with Gasteiger partial charge in [0, 0.05) is 12.1 Å². The third-order valence-electron chi connectivity index (χ3n) is 4.29. The van der Waals surface area contributed by atoms with Gasteiger partial charge < -0.3 is 10.6 Å². The molecule has 0 unspecified atom stereocenters. The molecular formula is C18H18Br2N4O2. The first-order chi connectivity index (χ1) is 12.5. The van der Waals surface area contributed by atoms with E-state index in [9.17, 15) is 9.59 Å². The van der Waals surface area contributed by atoms with Crippen molar-refractivity contribution in [3.05, 3.63) is 57.0 Å². The van der Waals surface area contributed by atoms with E-state index in [0.29, 0.717) is 20.6 Å². The number of rotatable bonds is 4. The lowest BCUT2D eigenvalue weighted by molar-refractivity contribution is 0.0857. The summed E-state index contributed by atoms with van der Waals surface area (Å²) in [6.45, 7) is 0. The van der Waals surface area contributed by atoms with Crippen molar-refractivity contribution in [2.45, 2.75) is 37.8 Å². The Balaban J connectivity index is 1.67. The van der Waals surface area contributed by atoms with Crippen molar-refractivity contribution in [2.24, 2.45) is 0 Å². The van der Waals surface area contributed by atoms with Crippen LogP contribution in [0.2, 0.25) is 0 Å². The van der Waals surface area contributed by atoms with Crippen LogP contribution in [0.4, 0.5) is 0 Å². The van der Waals surface area contributed by atoms with Gasteiger partial charge in [-0.15, -0.1) is 0 Å². The van der Waals surface area contributed by atoms with E-state index in [2.05, 4.69) is 52.5 Å². The third kappa shape index (κ3) is 4.88. The maximum Gasteiger partial charge on any atom is 0.270 e. The van der Waals surface area contributed by atoms with Crippen LogP contribution in [-0.2, 0) is 0 Å². The summed E-state index contributed by atoms with van der Waals surface area (Å²) in [6, 6.07) is 10.2. The number of carbonyl (C=O) groups is 2. The summed E-state index contributed by atoms with van der Waals surface area (Å²) in [4.78, 5) is 33.3. The Morgan fingerprint density at radius 3 is 1.62 bits per heavy atom. The molecule has 3 rings (SSSR count). The number of pyridine rings is 2. The Bertz CT molecular complexity index is 748. The lowest BCUT2D eigenvalue weighted by atomic mass is 9.90. The molecule has 2 atom stereocenters. The van der Waals surface area contributed by atoms with Gasteiger partial charge in [0.1, 0.15) is 20.6 Å². The zero-order valence-corrected chi connectivity index (χ0v) is 17.1. The highest BCUT2D eigenvalue weighted by Crippen LogP contribution is 2.20. The first kappa shape index (κ1) is 19.0. The van der Waals surface area contributed by atoms with E-state index in [1.165, 1.54) is 0 Å². The molecule has 26 heavy (non-hydrogen) atoms. The fourth-order valence-electron chi connectivity index (χ4n) is 3.03. The number of nitrogens with one attached hydrogen (secondary N) is 2. The van der Waals surface area contributed by atoms with Crippen molar-refractivity contribution < 1.29 is 9.59 Å². The molecule has 0 bridgehead atoms. The molecule has 1 saturated carbocycles. The Kier molecular flexibility index (Phi) is 6.37. The van der Waals surface area contributed by atoms with Crippen molar-refractivity contribution in [3.63, 3.8) is 0 Å². The first-order valence-corrected chi connectivity index (χ1v) is 9.98. The molecule has 2 amide bonds. The number of carbonyl (C=O) groups excluding carboxylic acids is 2. The van der Waals surface area contributed by atoms with Crippen LogP contribution in [0.1, 0.15) is 46.7 Å². The quantitative estimate of drug-likeness (QED) is 0.655. The van der Waals surface area contributed by atoms with Crippen LogP contribution in [0, 0.1) is 0 Å². The fraction of sp³-hybridized carbons (Fsp3) is 0.333. The van der Waals surface area contributed by atoms with E-state index in [1.807, 2.05) is 0 Å². The van der Waals surface area contributed by atoms with Crippen LogP contribution in [0.25, 0.3) is 0 Å². The minimum absolute atomic E-state index is 0.131. The number of amides is 2. The second kappa shape index (κ2) is 8.73. The Morgan fingerprint density at radius 2 is 1.23 bits per heavy atom. The summed E-state index contributed by atoms with van der Waals surface area (Å²) >= 11 is 6.55. The molecule has 0 aliphatic heterocycles. The topological polar surface area (TPSA) is 84.0 Å². The SMILES string of the molecule is O=C(N[C@H]1CCCC[C@@H]1NC(=O)c1cccc(Br)n1)c1cccc(Br)n1. The molecule has 6 nitrogen and oxygen atoms in total. The van der Waals surface area contributed by atoms with Crippen molar-refractivity contribution in [2.75, 3.05) is 0 Å². The highest BCUT2D eigenvalue weighted by atomic mass is 79.9. The van der Waals surface area contributed by atoms with Gasteiger partial charge in [-0.1, -0.05) is 25.0 Å². The molecule has 1 aliphatic rings. The predicted molar refractivity (Wildman–Crippen MR) is 105 cm³/mol. The molecule has 2 aromatic heterocycles. The zero-order valence-electron chi connectivity index (χ0n) is 13.9. The average molecular weight is 482 g/mol. The average Bonchev–Trinajstić information content (AvgIpc) is 2.63. The van der Waals surface area contributed by atoms with E-state index in [-0.39, 0.29) is 23.9 Å². The van der Waals surface area contributed by atoms with Crippen LogP contribution >= 0.6 is 31.9 Å². The van der Waals surface area contributed by atoms with Gasteiger partial charge in [0.25, 0.3) is 11.8 Å². The molecule has 2 heterocycles. The molecule has 1 aliphatic carbocycles. The molecule has 2 N–H and O–H groups in total. The molecule has 2 aromatic rings. The highest BCUT2D eigenvalue weighted by Gasteiger charge is 2.29. The summed E-state index contributed by atoms with van der Waals surface area (Å²) in [5.41, 5.74) is 0.701. The van der Waals surface area contributed by atoms with Gasteiger partial charge in [0.2, 0.25) is 0 Å². The first-order valence-electron chi connectivity index (χ1n) is 8.40. The number of hydrogen-bond donors (Lipinski definition) is 2. The van der Waals surface area contributed by atoms with E-state index in [0.717, 1.165) is 25.7 Å². The number of nitrogens with zero attached hydrogens (tertiary/aromatic N) is 2. The minimum atomic E-state index is -0.238. The van der Waals surface area contributed by atoms with Gasteiger partial charge in [0.05, 0.1) is 0 Å². The van der Waals surface area contributed by atoms with Gasteiger partial charge in [-0.05, 0) is 69.0 Å². The molecule has 0 spiro atoms. The van der Waals surface area contributed by atoms with Crippen LogP contribution < -0.4 is 10.6 Å². The summed E-state index contributed by atoms with van der Waals surface area (Å²) in [6.07, 6.45) is 3.66. The molecule has 0 aromatic carbocycles. The van der Waals surface area contributed by atoms with Gasteiger partial charge in [-0.25, -0.2) is 9.97 Å². The normalized spacial score (nSPS) is 19.6. The standard InChI is InChI=1S/C18H18Br2N4O2/c19-15-9-3-7-13(21-15)17(25)23-11-5-1-2-6-12(11)24-18(26)14-8-4-10-16(20)22-14/h3-4,7-12H,1-2,5-6H2,(H,23,25)(H,24,26)/t11-,12-/m0/s1. The lowest BCUT2D eigenvalue weighted by Crippen LogP contribution is -2.53. The highest BCUT2D eigenvalue weighted by molar-refractivity contribution is 9.10. The molecule has 136 valence electrons. The largest absolute Gasteiger partial charge is 0.346 e. The Morgan fingerprint density at radius 1 is 0.808 bits per heavy atom. The molecular weight excluding hydrogens is 464 g/mol. The number of aromatic nitrogens is 2. The van der Waals surface area contributed by atoms with Crippen LogP contribution in [0.3, 0.4) is 0 Å². The molecule has 1 fully saturated rings. The maximum absolute atomic E-state index is 12.5. The maximum atomic E-state index is 12.5. The smallest absolute Gasteiger partial charge is 0.270 e. The van der Waals surface area contributed by atoms with Crippen molar-refractivity contribution in [3.8, 4) is 0 Å². The summed E-state index contributed by atoms with van der Waals surface area (Å²) in [7, 11) is 0. The monoisotopic (exact) mass is 480 g/mol. The molecule has 0 saturated heterocycles. The third-order valence-corrected chi connectivity index (χ3v) is 5.18. The summed E-state index contributed by atoms with van der Waals surface area (Å²) in [5, 5.41) is 6.03. The summed E-state index contributed by atoms with van der Waals surface area (Å²) < 4.78 is 1.22. The Labute approximate surface area is 168 Å². The van der Waals surface area contributed by atoms with Crippen LogP contribution in [-0.4, -0.2) is 33.9 Å². The Hall–Kier alpha value is -1.80. The zero-order chi connectivity index (χ0) is 18.5. The van der Waals surface area contributed by atoms with E-state index >= 15 is 0 Å². The fourth-order valence-corrected chi connectivity index (χ4v) is 3.72. The number of halogens is 2. The van der Waals surface area contributed by atoms with E-state index in [1.54, 1.807) is 36.4 Å². The number of hydrogen-bond acceptors (Lipinski definition) is 4. The van der Waals surface area contributed by atoms with Crippen LogP contribution in [0.5, 0.6) is 0 Å². The van der Waals surface area contributed by atoms with Crippen LogP contribution in [0.15, 0.2) is 45.6 Å². The van der Waals surface area contributed by atoms with Crippen molar-refractivity contribution in [1.29, 1.82) is 0 Å². The van der Waals surface area contributed by atoms with Gasteiger partial charge >= 0.3 is 0 Å². The van der Waals surface area contributed by atoms with E-state index < -0.39 is 0 Å².